The largest absolute Gasteiger partial charge is 0.381 e. The highest BCUT2D eigenvalue weighted by Crippen LogP contribution is 2.34. The third-order valence-electron chi connectivity index (χ3n) is 5.74. The molecule has 2 fully saturated rings. The first-order valence-electron chi connectivity index (χ1n) is 9.83. The lowest BCUT2D eigenvalue weighted by molar-refractivity contribution is -0.122. The van der Waals surface area contributed by atoms with Gasteiger partial charge in [-0.2, -0.15) is 0 Å². The monoisotopic (exact) mass is 344 g/mol. The van der Waals surface area contributed by atoms with Crippen molar-refractivity contribution in [3.05, 3.63) is 35.9 Å². The Morgan fingerprint density at radius 2 is 2.08 bits per heavy atom. The van der Waals surface area contributed by atoms with Gasteiger partial charge in [0.25, 0.3) is 0 Å². The zero-order valence-electron chi connectivity index (χ0n) is 15.5. The maximum absolute atomic E-state index is 12.3. The van der Waals surface area contributed by atoms with Crippen molar-refractivity contribution >= 4 is 5.91 Å². The van der Waals surface area contributed by atoms with Crippen molar-refractivity contribution in [3.8, 4) is 0 Å². The fourth-order valence-electron chi connectivity index (χ4n) is 4.35. The summed E-state index contributed by atoms with van der Waals surface area (Å²) in [6.07, 6.45) is 6.32. The van der Waals surface area contributed by atoms with E-state index in [0.717, 1.165) is 39.1 Å². The number of carbonyl (C=O) groups is 1. The van der Waals surface area contributed by atoms with Crippen LogP contribution in [0.25, 0.3) is 0 Å². The van der Waals surface area contributed by atoms with Crippen molar-refractivity contribution in [2.24, 2.45) is 11.8 Å². The molecule has 0 saturated carbocycles. The van der Waals surface area contributed by atoms with E-state index in [-0.39, 0.29) is 5.91 Å². The van der Waals surface area contributed by atoms with Gasteiger partial charge < -0.3 is 10.1 Å². The molecule has 0 radical (unpaired) electrons. The molecule has 1 aromatic carbocycles. The lowest BCUT2D eigenvalue weighted by Crippen LogP contribution is -2.41. The first kappa shape index (κ1) is 18.4. The number of amides is 1. The van der Waals surface area contributed by atoms with Crippen molar-refractivity contribution in [1.29, 1.82) is 0 Å². The topological polar surface area (TPSA) is 41.6 Å². The number of hydrogen-bond donors (Lipinski definition) is 1. The lowest BCUT2D eigenvalue weighted by Gasteiger charge is -2.39. The van der Waals surface area contributed by atoms with Crippen LogP contribution in [0.1, 0.15) is 50.1 Å². The summed E-state index contributed by atoms with van der Waals surface area (Å²) < 4.78 is 5.51. The van der Waals surface area contributed by atoms with Crippen LogP contribution in [0, 0.1) is 11.8 Å². The average molecular weight is 344 g/mol. The summed E-state index contributed by atoms with van der Waals surface area (Å²) in [6.45, 7) is 3.63. The van der Waals surface area contributed by atoms with Crippen LogP contribution in [0.2, 0.25) is 0 Å². The molecule has 4 nitrogen and oxygen atoms in total. The Balaban J connectivity index is 1.49. The minimum atomic E-state index is 0.200. The molecule has 2 saturated heterocycles. The van der Waals surface area contributed by atoms with Gasteiger partial charge in [-0.05, 0) is 63.1 Å². The van der Waals surface area contributed by atoms with Gasteiger partial charge in [0.2, 0.25) is 5.91 Å². The summed E-state index contributed by atoms with van der Waals surface area (Å²) in [5.74, 6) is 1.26. The molecule has 3 rings (SSSR count). The van der Waals surface area contributed by atoms with Gasteiger partial charge in [-0.25, -0.2) is 0 Å². The molecule has 4 heteroatoms. The SMILES string of the molecule is CN1CCC[C@H](CNC(=O)CC[C@H]2CCCOC2)[C@@H]1c1ccccc1. The standard InChI is InChI=1S/C21H32N2O2/c1-23-13-5-10-19(21(23)18-8-3-2-4-9-18)15-22-20(24)12-11-17-7-6-14-25-16-17/h2-4,8-9,17,19,21H,5-7,10-16H2,1H3,(H,22,24)/t17-,19-,21+/m1/s1. The van der Waals surface area contributed by atoms with E-state index in [2.05, 4.69) is 47.6 Å². The number of hydrogen-bond acceptors (Lipinski definition) is 3. The van der Waals surface area contributed by atoms with Crippen LogP contribution < -0.4 is 5.32 Å². The van der Waals surface area contributed by atoms with Crippen LogP contribution >= 0.6 is 0 Å². The molecular formula is C21H32N2O2. The number of nitrogens with one attached hydrogen (secondary N) is 1. The highest BCUT2D eigenvalue weighted by atomic mass is 16.5. The number of carbonyl (C=O) groups excluding carboxylic acids is 1. The van der Waals surface area contributed by atoms with Gasteiger partial charge in [-0.1, -0.05) is 30.3 Å². The van der Waals surface area contributed by atoms with Gasteiger partial charge in [-0.15, -0.1) is 0 Å². The Kier molecular flexibility index (Phi) is 6.88. The Morgan fingerprint density at radius 3 is 2.84 bits per heavy atom. The second-order valence-corrected chi connectivity index (χ2v) is 7.66. The number of nitrogens with zero attached hydrogens (tertiary/aromatic N) is 1. The van der Waals surface area contributed by atoms with Gasteiger partial charge in [0.05, 0.1) is 0 Å². The molecule has 1 aromatic rings. The first-order chi connectivity index (χ1) is 12.2. The second kappa shape index (κ2) is 9.35. The average Bonchev–Trinajstić information content (AvgIpc) is 2.66. The predicted octanol–water partition coefficient (Wildman–Crippen LogP) is 3.39. The van der Waals surface area contributed by atoms with Gasteiger partial charge in [-0.3, -0.25) is 9.69 Å². The molecule has 1 N–H and O–H groups in total. The minimum absolute atomic E-state index is 0.200. The van der Waals surface area contributed by atoms with E-state index in [0.29, 0.717) is 24.3 Å². The highest BCUT2D eigenvalue weighted by Gasteiger charge is 2.30. The maximum Gasteiger partial charge on any atom is 0.220 e. The highest BCUT2D eigenvalue weighted by molar-refractivity contribution is 5.75. The second-order valence-electron chi connectivity index (χ2n) is 7.66. The van der Waals surface area contributed by atoms with Crippen molar-refractivity contribution in [1.82, 2.24) is 10.2 Å². The number of likely N-dealkylation sites (tertiary alicyclic amines) is 1. The van der Waals surface area contributed by atoms with Crippen LogP contribution in [-0.2, 0) is 9.53 Å². The molecule has 3 atom stereocenters. The van der Waals surface area contributed by atoms with Gasteiger partial charge in [0, 0.05) is 32.2 Å². The third-order valence-corrected chi connectivity index (χ3v) is 5.74. The zero-order valence-corrected chi connectivity index (χ0v) is 15.5. The summed E-state index contributed by atoms with van der Waals surface area (Å²) in [7, 11) is 2.20. The van der Waals surface area contributed by atoms with E-state index in [1.54, 1.807) is 0 Å². The van der Waals surface area contributed by atoms with E-state index in [9.17, 15) is 4.79 Å². The van der Waals surface area contributed by atoms with E-state index in [1.807, 2.05) is 0 Å². The van der Waals surface area contributed by atoms with Crippen molar-refractivity contribution in [2.75, 3.05) is 33.4 Å². The van der Waals surface area contributed by atoms with Crippen molar-refractivity contribution in [2.45, 2.75) is 44.6 Å². The van der Waals surface area contributed by atoms with E-state index >= 15 is 0 Å². The lowest BCUT2D eigenvalue weighted by atomic mass is 9.85. The molecule has 0 aliphatic carbocycles. The molecule has 0 aromatic heterocycles. The molecule has 2 heterocycles. The van der Waals surface area contributed by atoms with Gasteiger partial charge in [0.1, 0.15) is 0 Å². The Hall–Kier alpha value is -1.39. The predicted molar refractivity (Wildman–Crippen MR) is 100 cm³/mol. The van der Waals surface area contributed by atoms with Crippen molar-refractivity contribution < 1.29 is 9.53 Å². The normalized spacial score (nSPS) is 27.8. The van der Waals surface area contributed by atoms with Crippen molar-refractivity contribution in [3.63, 3.8) is 0 Å². The van der Waals surface area contributed by atoms with Gasteiger partial charge in [0.15, 0.2) is 0 Å². The van der Waals surface area contributed by atoms with Crippen LogP contribution in [0.4, 0.5) is 0 Å². The fourth-order valence-corrected chi connectivity index (χ4v) is 4.35. The van der Waals surface area contributed by atoms with Crippen LogP contribution in [0.5, 0.6) is 0 Å². The first-order valence-corrected chi connectivity index (χ1v) is 9.83. The summed E-state index contributed by atoms with van der Waals surface area (Å²) >= 11 is 0. The summed E-state index contributed by atoms with van der Waals surface area (Å²) in [5.41, 5.74) is 1.36. The number of rotatable bonds is 6. The van der Waals surface area contributed by atoms with Crippen LogP contribution in [0.15, 0.2) is 30.3 Å². The molecule has 2 aliphatic rings. The molecule has 0 unspecified atom stereocenters. The number of piperidine rings is 1. The molecular weight excluding hydrogens is 312 g/mol. The summed E-state index contributed by atoms with van der Waals surface area (Å²) in [4.78, 5) is 14.7. The quantitative estimate of drug-likeness (QED) is 0.860. The summed E-state index contributed by atoms with van der Waals surface area (Å²) in [6, 6.07) is 11.1. The summed E-state index contributed by atoms with van der Waals surface area (Å²) in [5, 5.41) is 3.21. The molecule has 1 amide bonds. The molecule has 0 spiro atoms. The molecule has 138 valence electrons. The van der Waals surface area contributed by atoms with Gasteiger partial charge >= 0.3 is 0 Å². The minimum Gasteiger partial charge on any atom is -0.381 e. The van der Waals surface area contributed by atoms with E-state index in [1.165, 1.54) is 24.8 Å². The molecule has 0 bridgehead atoms. The zero-order chi connectivity index (χ0) is 17.5. The number of ether oxygens (including phenoxy) is 1. The van der Waals surface area contributed by atoms with E-state index in [4.69, 9.17) is 4.74 Å². The maximum atomic E-state index is 12.3. The fraction of sp³-hybridized carbons (Fsp3) is 0.667. The molecule has 25 heavy (non-hydrogen) atoms. The Labute approximate surface area is 151 Å². The third kappa shape index (κ3) is 5.29. The van der Waals surface area contributed by atoms with E-state index < -0.39 is 0 Å². The van der Waals surface area contributed by atoms with Crippen LogP contribution in [-0.4, -0.2) is 44.2 Å². The smallest absolute Gasteiger partial charge is 0.220 e. The number of benzene rings is 1. The molecule has 2 aliphatic heterocycles. The Morgan fingerprint density at radius 1 is 1.24 bits per heavy atom. The van der Waals surface area contributed by atoms with Crippen LogP contribution in [0.3, 0.4) is 0 Å². The Bertz CT molecular complexity index is 528.